The highest BCUT2D eigenvalue weighted by molar-refractivity contribution is 5.07. The summed E-state index contributed by atoms with van der Waals surface area (Å²) in [6.07, 6.45) is 4.05. The Kier molecular flexibility index (Phi) is 2.95. The molecule has 0 saturated carbocycles. The molecular formula is C7H11N3O. The van der Waals surface area contributed by atoms with E-state index in [0.29, 0.717) is 6.61 Å². The van der Waals surface area contributed by atoms with Crippen LogP contribution in [0.2, 0.25) is 0 Å². The van der Waals surface area contributed by atoms with E-state index in [1.165, 1.54) is 0 Å². The molecule has 0 amide bonds. The minimum Gasteiger partial charge on any atom is -0.304 e. The first-order valence-corrected chi connectivity index (χ1v) is 3.42. The summed E-state index contributed by atoms with van der Waals surface area (Å²) in [6.45, 7) is 2.40. The van der Waals surface area contributed by atoms with Crippen molar-refractivity contribution in [1.29, 1.82) is 0 Å². The minimum atomic E-state index is 0.486. The van der Waals surface area contributed by atoms with Gasteiger partial charge < -0.3 is 4.84 Å². The molecule has 0 bridgehead atoms. The van der Waals surface area contributed by atoms with Gasteiger partial charge in [0, 0.05) is 18.8 Å². The first kappa shape index (κ1) is 8.10. The molecule has 1 rings (SSSR count). The predicted molar refractivity (Wildman–Crippen MR) is 40.6 cm³/mol. The molecule has 4 nitrogen and oxygen atoms in total. The average molecular weight is 153 g/mol. The van der Waals surface area contributed by atoms with Crippen LogP contribution < -0.4 is 5.90 Å². The molecule has 0 aliphatic heterocycles. The molecule has 0 fully saturated rings. The maximum atomic E-state index is 4.88. The van der Waals surface area contributed by atoms with Crippen molar-refractivity contribution < 1.29 is 4.84 Å². The minimum absolute atomic E-state index is 0.486. The topological polar surface area (TPSA) is 61.0 Å². The van der Waals surface area contributed by atoms with Gasteiger partial charge in [0.25, 0.3) is 0 Å². The third-order valence-electron chi connectivity index (χ3n) is 1.44. The zero-order valence-corrected chi connectivity index (χ0v) is 6.45. The lowest BCUT2D eigenvalue weighted by Crippen LogP contribution is -2.06. The highest BCUT2D eigenvalue weighted by Gasteiger charge is 1.97. The van der Waals surface area contributed by atoms with Gasteiger partial charge in [-0.1, -0.05) is 0 Å². The maximum Gasteiger partial charge on any atom is 0.0735 e. The summed E-state index contributed by atoms with van der Waals surface area (Å²) in [6, 6.07) is 0. The quantitative estimate of drug-likeness (QED) is 0.631. The number of hydrogen-bond acceptors (Lipinski definition) is 4. The van der Waals surface area contributed by atoms with Crippen LogP contribution in [0.15, 0.2) is 12.4 Å². The molecule has 60 valence electrons. The Morgan fingerprint density at radius 1 is 1.45 bits per heavy atom. The lowest BCUT2D eigenvalue weighted by Gasteiger charge is -2.00. The number of hydrogen-bond donors (Lipinski definition) is 1. The number of aromatic nitrogens is 2. The second-order valence-electron chi connectivity index (χ2n) is 2.21. The Morgan fingerprint density at radius 2 is 2.18 bits per heavy atom. The van der Waals surface area contributed by atoms with Gasteiger partial charge in [0.05, 0.1) is 18.0 Å². The van der Waals surface area contributed by atoms with Gasteiger partial charge in [-0.3, -0.25) is 9.97 Å². The van der Waals surface area contributed by atoms with Crippen molar-refractivity contribution in [3.63, 3.8) is 0 Å². The molecule has 1 aromatic rings. The Hall–Kier alpha value is -1.00. The first-order chi connectivity index (χ1) is 5.34. The van der Waals surface area contributed by atoms with Crippen molar-refractivity contribution >= 4 is 0 Å². The third kappa shape index (κ3) is 2.25. The summed E-state index contributed by atoms with van der Waals surface area (Å²) in [5.74, 6) is 4.88. The number of aryl methyl sites for hydroxylation is 1. The second-order valence-corrected chi connectivity index (χ2v) is 2.21. The van der Waals surface area contributed by atoms with E-state index in [-0.39, 0.29) is 0 Å². The van der Waals surface area contributed by atoms with E-state index in [1.54, 1.807) is 12.4 Å². The molecule has 1 heterocycles. The van der Waals surface area contributed by atoms with Crippen LogP contribution in [0, 0.1) is 6.92 Å². The number of nitrogens with zero attached hydrogens (tertiary/aromatic N) is 2. The predicted octanol–water partition coefficient (Wildman–Crippen LogP) is 0.218. The molecule has 0 saturated heterocycles. The molecule has 1 aromatic heterocycles. The van der Waals surface area contributed by atoms with E-state index in [2.05, 4.69) is 14.8 Å². The molecular weight excluding hydrogens is 142 g/mol. The first-order valence-electron chi connectivity index (χ1n) is 3.42. The summed E-state index contributed by atoms with van der Waals surface area (Å²) in [5, 5.41) is 0. The SMILES string of the molecule is Cc1nccnc1CCON. The van der Waals surface area contributed by atoms with E-state index in [0.717, 1.165) is 17.8 Å². The summed E-state index contributed by atoms with van der Waals surface area (Å²) in [7, 11) is 0. The Bertz CT molecular complexity index is 227. The molecule has 4 heteroatoms. The average Bonchev–Trinajstić information content (AvgIpc) is 2.03. The lowest BCUT2D eigenvalue weighted by atomic mass is 10.2. The van der Waals surface area contributed by atoms with Gasteiger partial charge in [0.2, 0.25) is 0 Å². The third-order valence-corrected chi connectivity index (χ3v) is 1.44. The smallest absolute Gasteiger partial charge is 0.0735 e. The van der Waals surface area contributed by atoms with Crippen molar-refractivity contribution in [1.82, 2.24) is 9.97 Å². The van der Waals surface area contributed by atoms with E-state index < -0.39 is 0 Å². The van der Waals surface area contributed by atoms with Crippen LogP contribution in [0.3, 0.4) is 0 Å². The molecule has 0 aliphatic rings. The van der Waals surface area contributed by atoms with E-state index in [9.17, 15) is 0 Å². The Labute approximate surface area is 65.4 Å². The van der Waals surface area contributed by atoms with E-state index >= 15 is 0 Å². The van der Waals surface area contributed by atoms with Gasteiger partial charge in [-0.05, 0) is 6.92 Å². The number of nitrogens with two attached hydrogens (primary N) is 1. The molecule has 2 N–H and O–H groups in total. The zero-order chi connectivity index (χ0) is 8.10. The summed E-state index contributed by atoms with van der Waals surface area (Å²) in [4.78, 5) is 12.6. The van der Waals surface area contributed by atoms with Crippen molar-refractivity contribution in [2.75, 3.05) is 6.61 Å². The van der Waals surface area contributed by atoms with Gasteiger partial charge in [0.1, 0.15) is 0 Å². The van der Waals surface area contributed by atoms with Crippen LogP contribution in [-0.4, -0.2) is 16.6 Å². The van der Waals surface area contributed by atoms with Crippen LogP contribution in [0.5, 0.6) is 0 Å². The summed E-state index contributed by atoms with van der Waals surface area (Å²) in [5.41, 5.74) is 1.88. The van der Waals surface area contributed by atoms with Crippen LogP contribution >= 0.6 is 0 Å². The number of rotatable bonds is 3. The highest BCUT2D eigenvalue weighted by Crippen LogP contribution is 1.99. The molecule has 11 heavy (non-hydrogen) atoms. The van der Waals surface area contributed by atoms with Crippen LogP contribution in [-0.2, 0) is 11.3 Å². The fourth-order valence-electron chi connectivity index (χ4n) is 0.837. The fourth-order valence-corrected chi connectivity index (χ4v) is 0.837. The van der Waals surface area contributed by atoms with E-state index in [4.69, 9.17) is 5.90 Å². The largest absolute Gasteiger partial charge is 0.304 e. The van der Waals surface area contributed by atoms with Crippen molar-refractivity contribution in [2.45, 2.75) is 13.3 Å². The van der Waals surface area contributed by atoms with Gasteiger partial charge in [-0.2, -0.15) is 0 Å². The van der Waals surface area contributed by atoms with Crippen molar-refractivity contribution in [3.8, 4) is 0 Å². The van der Waals surface area contributed by atoms with Gasteiger partial charge >= 0.3 is 0 Å². The summed E-state index contributed by atoms with van der Waals surface area (Å²) >= 11 is 0. The molecule has 0 aromatic carbocycles. The van der Waals surface area contributed by atoms with E-state index in [1.807, 2.05) is 6.92 Å². The molecule has 0 aliphatic carbocycles. The van der Waals surface area contributed by atoms with Crippen molar-refractivity contribution in [2.24, 2.45) is 5.90 Å². The van der Waals surface area contributed by atoms with Crippen LogP contribution in [0.25, 0.3) is 0 Å². The van der Waals surface area contributed by atoms with Crippen LogP contribution in [0.1, 0.15) is 11.4 Å². The maximum absolute atomic E-state index is 4.88. The standard InChI is InChI=1S/C7H11N3O/c1-6-7(2-5-11-8)10-4-3-9-6/h3-4H,2,5,8H2,1H3. The highest BCUT2D eigenvalue weighted by atomic mass is 16.6. The lowest BCUT2D eigenvalue weighted by molar-refractivity contribution is 0.140. The van der Waals surface area contributed by atoms with Gasteiger partial charge in [-0.25, -0.2) is 5.90 Å². The van der Waals surface area contributed by atoms with Crippen LogP contribution in [0.4, 0.5) is 0 Å². The fraction of sp³-hybridized carbons (Fsp3) is 0.429. The van der Waals surface area contributed by atoms with Gasteiger partial charge in [-0.15, -0.1) is 0 Å². The normalized spacial score (nSPS) is 10.0. The summed E-state index contributed by atoms with van der Waals surface area (Å²) < 4.78 is 0. The van der Waals surface area contributed by atoms with Crippen molar-refractivity contribution in [3.05, 3.63) is 23.8 Å². The molecule has 0 unspecified atom stereocenters. The molecule has 0 spiro atoms. The Morgan fingerprint density at radius 3 is 2.82 bits per heavy atom. The zero-order valence-electron chi connectivity index (χ0n) is 6.45. The second kappa shape index (κ2) is 4.00. The Balaban J connectivity index is 2.62. The molecule has 0 radical (unpaired) electrons. The van der Waals surface area contributed by atoms with Gasteiger partial charge in [0.15, 0.2) is 0 Å². The molecule has 0 atom stereocenters. The monoisotopic (exact) mass is 153 g/mol.